The fourth-order valence-electron chi connectivity index (χ4n) is 3.00. The van der Waals surface area contributed by atoms with E-state index in [4.69, 9.17) is 4.74 Å². The maximum absolute atomic E-state index is 12.2. The Balaban J connectivity index is 0.00000264. The first-order valence-corrected chi connectivity index (χ1v) is 8.42. The van der Waals surface area contributed by atoms with Gasteiger partial charge in [-0.2, -0.15) is 0 Å². The highest BCUT2D eigenvalue weighted by Crippen LogP contribution is 2.28. The number of nitrogens with zero attached hydrogens (tertiary/aromatic N) is 1. The lowest BCUT2D eigenvalue weighted by Gasteiger charge is -2.39. The van der Waals surface area contributed by atoms with E-state index in [0.29, 0.717) is 6.54 Å². The molecule has 0 unspecified atom stereocenters. The average Bonchev–Trinajstić information content (AvgIpc) is 2.45. The standard InChI is InChI=1S/C16H30N4O2.HI/c1-15(2,3)22-14(21)20-16(8-5-4-6-9-16)12-19-13-17-10-7-11-18-13;/h4-12H2,1-3H3,(H,20,21)(H2,17,18,19);1H. The van der Waals surface area contributed by atoms with Gasteiger partial charge in [-0.3, -0.25) is 4.99 Å². The minimum atomic E-state index is -0.470. The molecule has 0 aromatic carbocycles. The molecule has 134 valence electrons. The predicted octanol–water partition coefficient (Wildman–Crippen LogP) is 2.77. The van der Waals surface area contributed by atoms with Crippen LogP contribution in [0.25, 0.3) is 0 Å². The molecule has 0 spiro atoms. The Labute approximate surface area is 156 Å². The molecule has 0 aromatic rings. The zero-order valence-corrected chi connectivity index (χ0v) is 16.9. The van der Waals surface area contributed by atoms with Crippen molar-refractivity contribution in [3.8, 4) is 0 Å². The zero-order valence-electron chi connectivity index (χ0n) is 14.5. The first-order valence-electron chi connectivity index (χ1n) is 8.42. The summed E-state index contributed by atoms with van der Waals surface area (Å²) in [5.41, 5.74) is -0.704. The van der Waals surface area contributed by atoms with Crippen LogP contribution >= 0.6 is 24.0 Å². The lowest BCUT2D eigenvalue weighted by molar-refractivity contribution is 0.0427. The van der Waals surface area contributed by atoms with Crippen molar-refractivity contribution in [1.82, 2.24) is 16.0 Å². The molecule has 1 heterocycles. The van der Waals surface area contributed by atoms with Crippen molar-refractivity contribution in [2.45, 2.75) is 70.4 Å². The van der Waals surface area contributed by atoms with Crippen molar-refractivity contribution >= 4 is 36.0 Å². The minimum Gasteiger partial charge on any atom is -0.444 e. The number of hydrogen-bond donors (Lipinski definition) is 3. The molecule has 0 saturated heterocycles. The van der Waals surface area contributed by atoms with E-state index < -0.39 is 5.60 Å². The van der Waals surface area contributed by atoms with Gasteiger partial charge in [0.1, 0.15) is 5.60 Å². The minimum absolute atomic E-state index is 0. The molecule has 1 fully saturated rings. The molecule has 1 amide bonds. The second-order valence-corrected chi connectivity index (χ2v) is 7.33. The summed E-state index contributed by atoms with van der Waals surface area (Å²) in [5, 5.41) is 9.75. The van der Waals surface area contributed by atoms with Crippen LogP contribution in [0.4, 0.5) is 4.79 Å². The summed E-state index contributed by atoms with van der Waals surface area (Å²) in [5.74, 6) is 0.849. The Kier molecular flexibility index (Phi) is 7.89. The lowest BCUT2D eigenvalue weighted by atomic mass is 9.81. The van der Waals surface area contributed by atoms with Crippen molar-refractivity contribution in [2.75, 3.05) is 19.6 Å². The summed E-state index contributed by atoms with van der Waals surface area (Å²) >= 11 is 0. The Morgan fingerprint density at radius 1 is 1.26 bits per heavy atom. The number of guanidine groups is 1. The maximum Gasteiger partial charge on any atom is 0.408 e. The van der Waals surface area contributed by atoms with Gasteiger partial charge in [0.15, 0.2) is 5.96 Å². The maximum atomic E-state index is 12.2. The van der Waals surface area contributed by atoms with E-state index in [-0.39, 0.29) is 35.6 Å². The largest absolute Gasteiger partial charge is 0.444 e. The van der Waals surface area contributed by atoms with Gasteiger partial charge >= 0.3 is 6.09 Å². The topological polar surface area (TPSA) is 74.8 Å². The van der Waals surface area contributed by atoms with E-state index in [9.17, 15) is 4.79 Å². The summed E-state index contributed by atoms with van der Waals surface area (Å²) in [6, 6.07) is 0. The third kappa shape index (κ3) is 7.14. The van der Waals surface area contributed by atoms with E-state index in [1.54, 1.807) is 0 Å². The van der Waals surface area contributed by atoms with Crippen LogP contribution in [-0.4, -0.2) is 42.8 Å². The number of halogens is 1. The van der Waals surface area contributed by atoms with Gasteiger partial charge in [-0.15, -0.1) is 24.0 Å². The molecule has 0 radical (unpaired) electrons. The quantitative estimate of drug-likeness (QED) is 0.593. The number of alkyl carbamates (subject to hydrolysis) is 1. The number of hydrogen-bond acceptors (Lipinski definition) is 5. The van der Waals surface area contributed by atoms with E-state index in [1.807, 2.05) is 20.8 Å². The van der Waals surface area contributed by atoms with Gasteiger partial charge in [0.25, 0.3) is 0 Å². The van der Waals surface area contributed by atoms with Crippen LogP contribution in [0.5, 0.6) is 0 Å². The fourth-order valence-corrected chi connectivity index (χ4v) is 3.00. The van der Waals surface area contributed by atoms with E-state index in [0.717, 1.165) is 51.2 Å². The van der Waals surface area contributed by atoms with Crippen LogP contribution in [0, 0.1) is 0 Å². The molecule has 2 aliphatic rings. The Bertz CT molecular complexity index is 415. The van der Waals surface area contributed by atoms with Crippen LogP contribution in [0.15, 0.2) is 4.99 Å². The van der Waals surface area contributed by atoms with Crippen LogP contribution in [0.3, 0.4) is 0 Å². The van der Waals surface area contributed by atoms with Gasteiger partial charge < -0.3 is 20.7 Å². The number of nitrogens with one attached hydrogen (secondary N) is 3. The summed E-state index contributed by atoms with van der Waals surface area (Å²) in [4.78, 5) is 16.6. The highest BCUT2D eigenvalue weighted by molar-refractivity contribution is 14.0. The molecule has 7 heteroatoms. The molecule has 1 aliphatic heterocycles. The Hall–Kier alpha value is -0.730. The Morgan fingerprint density at radius 3 is 2.52 bits per heavy atom. The van der Waals surface area contributed by atoms with Gasteiger partial charge in [-0.25, -0.2) is 4.79 Å². The first-order chi connectivity index (χ1) is 10.4. The number of carbonyl (C=O) groups is 1. The summed E-state index contributed by atoms with van der Waals surface area (Å²) < 4.78 is 5.43. The van der Waals surface area contributed by atoms with Gasteiger partial charge in [-0.05, 0) is 40.0 Å². The number of carbonyl (C=O) groups excluding carboxylic acids is 1. The third-order valence-corrected chi connectivity index (χ3v) is 4.07. The second-order valence-electron chi connectivity index (χ2n) is 7.33. The van der Waals surface area contributed by atoms with Gasteiger partial charge in [0.2, 0.25) is 0 Å². The van der Waals surface area contributed by atoms with Gasteiger partial charge in [-0.1, -0.05) is 19.3 Å². The third-order valence-electron chi connectivity index (χ3n) is 4.07. The first kappa shape index (κ1) is 20.3. The second kappa shape index (κ2) is 8.94. The van der Waals surface area contributed by atoms with E-state index >= 15 is 0 Å². The predicted molar refractivity (Wildman–Crippen MR) is 104 cm³/mol. The SMILES string of the molecule is CC(C)(C)OC(=O)NC1(CNC2=NCCCN2)CCCCC1.I. The van der Waals surface area contributed by atoms with E-state index in [2.05, 4.69) is 20.9 Å². The van der Waals surface area contributed by atoms with Crippen LogP contribution in [0.1, 0.15) is 59.3 Å². The number of amides is 1. The van der Waals surface area contributed by atoms with E-state index in [1.165, 1.54) is 6.42 Å². The number of aliphatic imine (C=N–C) groups is 1. The van der Waals surface area contributed by atoms with Crippen molar-refractivity contribution in [2.24, 2.45) is 4.99 Å². The van der Waals surface area contributed by atoms with Crippen molar-refractivity contribution in [3.05, 3.63) is 0 Å². The Morgan fingerprint density at radius 2 is 1.96 bits per heavy atom. The number of ether oxygens (including phenoxy) is 1. The van der Waals surface area contributed by atoms with Crippen molar-refractivity contribution in [3.63, 3.8) is 0 Å². The number of rotatable bonds is 3. The van der Waals surface area contributed by atoms with Gasteiger partial charge in [0.05, 0.1) is 5.54 Å². The summed E-state index contributed by atoms with van der Waals surface area (Å²) in [6.07, 6.45) is 6.21. The van der Waals surface area contributed by atoms with Crippen molar-refractivity contribution < 1.29 is 9.53 Å². The van der Waals surface area contributed by atoms with Crippen LogP contribution < -0.4 is 16.0 Å². The summed E-state index contributed by atoms with van der Waals surface area (Å²) in [7, 11) is 0. The molecule has 2 rings (SSSR count). The smallest absolute Gasteiger partial charge is 0.408 e. The molecule has 0 atom stereocenters. The molecule has 6 nitrogen and oxygen atoms in total. The average molecular weight is 438 g/mol. The van der Waals surface area contributed by atoms with Crippen LogP contribution in [-0.2, 0) is 4.74 Å². The molecule has 0 aromatic heterocycles. The molecule has 3 N–H and O–H groups in total. The monoisotopic (exact) mass is 438 g/mol. The molecule has 1 aliphatic carbocycles. The highest BCUT2D eigenvalue weighted by atomic mass is 127. The zero-order chi connectivity index (χ0) is 16.1. The normalized spacial score (nSPS) is 20.4. The summed E-state index contributed by atoms with van der Waals surface area (Å²) in [6.45, 7) is 8.18. The molecule has 0 bridgehead atoms. The van der Waals surface area contributed by atoms with Crippen molar-refractivity contribution in [1.29, 1.82) is 0 Å². The highest BCUT2D eigenvalue weighted by Gasteiger charge is 2.35. The molecule has 23 heavy (non-hydrogen) atoms. The fraction of sp³-hybridized carbons (Fsp3) is 0.875. The van der Waals surface area contributed by atoms with Gasteiger partial charge in [0, 0.05) is 19.6 Å². The van der Waals surface area contributed by atoms with Crippen LogP contribution in [0.2, 0.25) is 0 Å². The molecular weight excluding hydrogens is 407 g/mol. The lowest BCUT2D eigenvalue weighted by Crippen LogP contribution is -2.58. The molecule has 1 saturated carbocycles. The molecular formula is C16H31IN4O2.